The summed E-state index contributed by atoms with van der Waals surface area (Å²) in [5.41, 5.74) is -4.38. The number of ether oxygens (including phenoxy) is 1. The number of alkyl halides is 3. The molecule has 1 aromatic carbocycles. The maximum Gasteiger partial charge on any atom is 0.443 e. The van der Waals surface area contributed by atoms with Crippen molar-refractivity contribution in [3.8, 4) is 0 Å². The number of nitrogens with one attached hydrogen (secondary N) is 1. The van der Waals surface area contributed by atoms with Gasteiger partial charge in [0.05, 0.1) is 12.0 Å². The molecule has 0 aromatic heterocycles. The molecule has 0 saturated carbocycles. The van der Waals surface area contributed by atoms with Crippen molar-refractivity contribution in [1.82, 2.24) is 4.72 Å². The van der Waals surface area contributed by atoms with E-state index in [0.717, 1.165) is 16.9 Å². The lowest BCUT2D eigenvalue weighted by atomic mass is 10.2. The van der Waals surface area contributed by atoms with Gasteiger partial charge in [-0.2, -0.15) is 17.9 Å². The van der Waals surface area contributed by atoms with E-state index in [1.807, 2.05) is 0 Å². The lowest BCUT2D eigenvalue weighted by Crippen LogP contribution is -2.64. The standard InChI is InChI=1S/C10H9BrF3NO5S/c1-20-8(16)9(17,10(12,13)14)15-21(18,19)7-4-2-6(11)3-5-7/h2-5,15,17H,1H3. The Kier molecular flexibility index (Phi) is 5.03. The Morgan fingerprint density at radius 2 is 1.76 bits per heavy atom. The summed E-state index contributed by atoms with van der Waals surface area (Å²) < 4.78 is 67.2. The minimum atomic E-state index is -5.61. The minimum absolute atomic E-state index is 0.487. The number of sulfonamides is 1. The van der Waals surface area contributed by atoms with Gasteiger partial charge in [-0.05, 0) is 24.3 Å². The Bertz CT molecular complexity index is 631. The van der Waals surface area contributed by atoms with E-state index in [4.69, 9.17) is 0 Å². The fraction of sp³-hybridized carbons (Fsp3) is 0.300. The number of rotatable bonds is 4. The van der Waals surface area contributed by atoms with Crippen LogP contribution in [0.5, 0.6) is 0 Å². The predicted octanol–water partition coefficient (Wildman–Crippen LogP) is 1.15. The zero-order chi connectivity index (χ0) is 16.5. The van der Waals surface area contributed by atoms with Crippen molar-refractivity contribution in [3.63, 3.8) is 0 Å². The molecule has 0 saturated heterocycles. The van der Waals surface area contributed by atoms with Gasteiger partial charge >= 0.3 is 17.9 Å². The van der Waals surface area contributed by atoms with E-state index in [0.29, 0.717) is 11.6 Å². The molecule has 0 spiro atoms. The number of halogens is 4. The predicted molar refractivity (Wildman–Crippen MR) is 67.5 cm³/mol. The van der Waals surface area contributed by atoms with Crippen LogP contribution in [0.2, 0.25) is 0 Å². The average molecular weight is 392 g/mol. The number of methoxy groups -OCH3 is 1. The normalized spacial score (nSPS) is 15.3. The first-order valence-corrected chi connectivity index (χ1v) is 7.39. The third kappa shape index (κ3) is 3.73. The number of hydrogen-bond acceptors (Lipinski definition) is 5. The lowest BCUT2D eigenvalue weighted by Gasteiger charge is -2.27. The Hall–Kier alpha value is -1.17. The quantitative estimate of drug-likeness (QED) is 0.593. The average Bonchev–Trinajstić information content (AvgIpc) is 2.36. The number of hydrogen-bond donors (Lipinski definition) is 2. The summed E-state index contributed by atoms with van der Waals surface area (Å²) in [4.78, 5) is 10.5. The highest BCUT2D eigenvalue weighted by Gasteiger charge is 2.63. The summed E-state index contributed by atoms with van der Waals surface area (Å²) in [6.45, 7) is 0. The molecule has 1 unspecified atom stereocenters. The Balaban J connectivity index is 3.26. The topological polar surface area (TPSA) is 92.7 Å². The molecule has 0 aliphatic heterocycles. The van der Waals surface area contributed by atoms with Crippen LogP contribution < -0.4 is 4.72 Å². The SMILES string of the molecule is COC(=O)C(O)(NS(=O)(=O)c1ccc(Br)cc1)C(F)(F)F. The second-order valence-corrected chi connectivity index (χ2v) is 6.36. The summed E-state index contributed by atoms with van der Waals surface area (Å²) in [6, 6.07) is 4.50. The number of aliphatic hydroxyl groups is 1. The Morgan fingerprint density at radius 3 is 2.14 bits per heavy atom. The summed E-state index contributed by atoms with van der Waals surface area (Å²) in [5, 5.41) is 9.37. The van der Waals surface area contributed by atoms with E-state index >= 15 is 0 Å². The van der Waals surface area contributed by atoms with Crippen LogP contribution in [0.4, 0.5) is 13.2 Å². The maximum absolute atomic E-state index is 12.8. The van der Waals surface area contributed by atoms with Crippen LogP contribution in [-0.2, 0) is 19.6 Å². The fourth-order valence-electron chi connectivity index (χ4n) is 1.23. The minimum Gasteiger partial charge on any atom is -0.466 e. The largest absolute Gasteiger partial charge is 0.466 e. The third-order valence-corrected chi connectivity index (χ3v) is 4.28. The van der Waals surface area contributed by atoms with Gasteiger partial charge in [0.25, 0.3) is 0 Å². The summed E-state index contributed by atoms with van der Waals surface area (Å²) >= 11 is 3.02. The van der Waals surface area contributed by atoms with Gasteiger partial charge in [0.2, 0.25) is 10.0 Å². The van der Waals surface area contributed by atoms with Crippen molar-refractivity contribution in [2.45, 2.75) is 16.8 Å². The van der Waals surface area contributed by atoms with E-state index in [1.165, 1.54) is 12.1 Å². The van der Waals surface area contributed by atoms with Crippen molar-refractivity contribution in [1.29, 1.82) is 0 Å². The fourth-order valence-corrected chi connectivity index (χ4v) is 2.69. The van der Waals surface area contributed by atoms with Crippen LogP contribution in [0.15, 0.2) is 33.6 Å². The molecule has 2 N–H and O–H groups in total. The first-order chi connectivity index (χ1) is 9.44. The number of carbonyl (C=O) groups is 1. The summed E-state index contributed by atoms with van der Waals surface area (Å²) in [7, 11) is -4.24. The van der Waals surface area contributed by atoms with Crippen LogP contribution in [0.1, 0.15) is 0 Å². The van der Waals surface area contributed by atoms with Crippen molar-refractivity contribution < 1.29 is 36.2 Å². The van der Waals surface area contributed by atoms with E-state index in [1.54, 1.807) is 0 Å². The van der Waals surface area contributed by atoms with Gasteiger partial charge in [-0.3, -0.25) is 0 Å². The molecule has 0 fully saturated rings. The van der Waals surface area contributed by atoms with E-state index in [-0.39, 0.29) is 0 Å². The zero-order valence-electron chi connectivity index (χ0n) is 10.3. The van der Waals surface area contributed by atoms with Crippen LogP contribution in [-0.4, -0.2) is 38.5 Å². The third-order valence-electron chi connectivity index (χ3n) is 2.30. The van der Waals surface area contributed by atoms with Crippen LogP contribution in [0.3, 0.4) is 0 Å². The molecule has 1 aromatic rings. The summed E-state index contributed by atoms with van der Waals surface area (Å²) in [6.07, 6.45) is -5.61. The van der Waals surface area contributed by atoms with E-state index in [2.05, 4.69) is 20.7 Å². The Morgan fingerprint density at radius 1 is 1.29 bits per heavy atom. The molecule has 0 heterocycles. The van der Waals surface area contributed by atoms with Gasteiger partial charge in [0.15, 0.2) is 0 Å². The lowest BCUT2D eigenvalue weighted by molar-refractivity contribution is -0.265. The van der Waals surface area contributed by atoms with Gasteiger partial charge < -0.3 is 9.84 Å². The maximum atomic E-state index is 12.8. The van der Waals surface area contributed by atoms with Crippen molar-refractivity contribution in [3.05, 3.63) is 28.7 Å². The van der Waals surface area contributed by atoms with E-state index < -0.39 is 32.8 Å². The molecule has 21 heavy (non-hydrogen) atoms. The zero-order valence-corrected chi connectivity index (χ0v) is 12.7. The molecule has 0 amide bonds. The highest BCUT2D eigenvalue weighted by molar-refractivity contribution is 9.10. The van der Waals surface area contributed by atoms with Crippen molar-refractivity contribution in [2.75, 3.05) is 7.11 Å². The van der Waals surface area contributed by atoms with Crippen LogP contribution >= 0.6 is 15.9 Å². The number of benzene rings is 1. The second kappa shape index (κ2) is 5.91. The molecule has 1 rings (SSSR count). The monoisotopic (exact) mass is 391 g/mol. The molecule has 6 nitrogen and oxygen atoms in total. The van der Waals surface area contributed by atoms with Gasteiger partial charge in [-0.25, -0.2) is 13.2 Å². The molecule has 0 radical (unpaired) electrons. The first-order valence-electron chi connectivity index (χ1n) is 5.11. The molecule has 1 atom stereocenters. The molecular weight excluding hydrogens is 383 g/mol. The van der Waals surface area contributed by atoms with Gasteiger partial charge in [-0.15, -0.1) is 0 Å². The summed E-state index contributed by atoms with van der Waals surface area (Å²) in [5.74, 6) is -2.20. The van der Waals surface area contributed by atoms with Gasteiger partial charge in [0.1, 0.15) is 0 Å². The van der Waals surface area contributed by atoms with Gasteiger partial charge in [0, 0.05) is 4.47 Å². The first kappa shape index (κ1) is 17.9. The molecule has 0 bridgehead atoms. The molecule has 0 aliphatic carbocycles. The Labute approximate surface area is 126 Å². The second-order valence-electron chi connectivity index (χ2n) is 3.76. The smallest absolute Gasteiger partial charge is 0.443 e. The van der Waals surface area contributed by atoms with Crippen molar-refractivity contribution in [2.24, 2.45) is 0 Å². The molecular formula is C10H9BrF3NO5S. The number of carbonyl (C=O) groups excluding carboxylic acids is 1. The highest BCUT2D eigenvalue weighted by Crippen LogP contribution is 2.31. The highest BCUT2D eigenvalue weighted by atomic mass is 79.9. The van der Waals surface area contributed by atoms with Crippen LogP contribution in [0.25, 0.3) is 0 Å². The van der Waals surface area contributed by atoms with Crippen LogP contribution in [0, 0.1) is 0 Å². The molecule has 11 heteroatoms. The van der Waals surface area contributed by atoms with Gasteiger partial charge in [-0.1, -0.05) is 15.9 Å². The number of esters is 1. The van der Waals surface area contributed by atoms with E-state index in [9.17, 15) is 31.5 Å². The molecule has 118 valence electrons. The molecule has 0 aliphatic rings. The van der Waals surface area contributed by atoms with Crippen molar-refractivity contribution >= 4 is 31.9 Å².